The van der Waals surface area contributed by atoms with Crippen LogP contribution < -0.4 is 69.3 Å². The summed E-state index contributed by atoms with van der Waals surface area (Å²) in [5, 5.41) is 97.9. The van der Waals surface area contributed by atoms with Crippen LogP contribution in [0.4, 0.5) is 0 Å². The van der Waals surface area contributed by atoms with E-state index in [1.807, 2.05) is 18.2 Å². The zero-order chi connectivity index (χ0) is 75.2. The van der Waals surface area contributed by atoms with Gasteiger partial charge in [-0.1, -0.05) is 197 Å². The van der Waals surface area contributed by atoms with Crippen molar-refractivity contribution >= 4 is 11.9 Å². The number of carboxylic acids is 2. The van der Waals surface area contributed by atoms with Gasteiger partial charge >= 0.3 is 59.1 Å². The van der Waals surface area contributed by atoms with Crippen molar-refractivity contribution < 1.29 is 180 Å². The van der Waals surface area contributed by atoms with Crippen molar-refractivity contribution in [3.63, 3.8) is 0 Å². The Labute approximate surface area is 669 Å². The molecule has 109 heavy (non-hydrogen) atoms. The van der Waals surface area contributed by atoms with Gasteiger partial charge in [0.2, 0.25) is 0 Å². The van der Waals surface area contributed by atoms with Crippen molar-refractivity contribution in [2.75, 3.05) is 26.9 Å². The fraction of sp³-hybridized carbons (Fsp3) is 0.479. The van der Waals surface area contributed by atoms with Crippen molar-refractivity contribution in [2.45, 2.75) is 193 Å². The first kappa shape index (κ1) is 86.3. The van der Waals surface area contributed by atoms with Crippen LogP contribution >= 0.6 is 0 Å². The van der Waals surface area contributed by atoms with E-state index in [0.717, 1.165) is 5.56 Å². The van der Waals surface area contributed by atoms with Crippen molar-refractivity contribution in [2.24, 2.45) is 15.3 Å². The summed E-state index contributed by atoms with van der Waals surface area (Å²) in [5.74, 6) is -3.95. The van der Waals surface area contributed by atoms with Crippen molar-refractivity contribution in [1.29, 1.82) is 0 Å². The number of benzene rings is 6. The van der Waals surface area contributed by atoms with Gasteiger partial charge in [-0.25, -0.2) is 0 Å². The van der Waals surface area contributed by atoms with E-state index in [4.69, 9.17) is 75.8 Å². The van der Waals surface area contributed by atoms with E-state index in [-0.39, 0.29) is 98.8 Å². The molecule has 5 fully saturated rings. The Morgan fingerprint density at radius 3 is 1.05 bits per heavy atom. The first-order chi connectivity index (χ1) is 52.3. The number of aliphatic hydroxyl groups is 5. The minimum absolute atomic E-state index is 0. The normalized spacial score (nSPS) is 32.2. The number of aliphatic carboxylic acids is 2. The zero-order valence-electron chi connectivity index (χ0n) is 59.5. The average molecular weight is 1530 g/mol. The van der Waals surface area contributed by atoms with Crippen LogP contribution in [-0.4, -0.2) is 218 Å². The number of hydrogen-bond acceptors (Lipinski definition) is 28. The van der Waals surface area contributed by atoms with E-state index in [1.54, 1.807) is 164 Å². The third-order valence-electron chi connectivity index (χ3n) is 18.6. The minimum Gasteiger partial charge on any atom is -0.547 e. The minimum atomic E-state index is -2.35. The topological polar surface area (TPSA) is 475 Å². The molecule has 5 heterocycles. The van der Waals surface area contributed by atoms with Gasteiger partial charge in [0, 0.05) is 21.8 Å². The first-order valence-electron chi connectivity index (χ1n) is 34.3. The van der Waals surface area contributed by atoms with Crippen LogP contribution in [0.3, 0.4) is 0 Å². The van der Waals surface area contributed by atoms with Gasteiger partial charge in [0.1, 0.15) is 116 Å². The Morgan fingerprint density at radius 2 is 0.651 bits per heavy atom. The van der Waals surface area contributed by atoms with Crippen molar-refractivity contribution in [1.82, 2.24) is 0 Å². The molecule has 0 spiro atoms. The van der Waals surface area contributed by atoms with E-state index < -0.39 is 185 Å². The molecule has 570 valence electrons. The maximum Gasteiger partial charge on any atom is 1.00 e. The average Bonchev–Trinajstić information content (AvgIpc) is 0.764. The zero-order valence-corrected chi connectivity index (χ0v) is 63.5. The van der Waals surface area contributed by atoms with Gasteiger partial charge in [-0.3, -0.25) is 0 Å². The van der Waals surface area contributed by atoms with Gasteiger partial charge in [0.25, 0.3) is 0 Å². The molecule has 0 aromatic heterocycles. The number of hydrogen-bond donors (Lipinski definition) is 5. The van der Waals surface area contributed by atoms with E-state index in [1.165, 1.54) is 7.11 Å². The molecule has 11 rings (SSSR count). The quantitative estimate of drug-likeness (QED) is 0.0119. The largest absolute Gasteiger partial charge is 1.00 e. The molecule has 0 aliphatic carbocycles. The summed E-state index contributed by atoms with van der Waals surface area (Å²) in [7, 11) is 1.26. The molecular formula is C73H81N9Na2O25. The van der Waals surface area contributed by atoms with E-state index >= 15 is 0 Å². The number of carboxylic acid groups (broad SMARTS) is 2. The predicted octanol–water partition coefficient (Wildman–Crippen LogP) is -2.45. The van der Waals surface area contributed by atoms with Gasteiger partial charge in [-0.2, -0.15) is 0 Å². The van der Waals surface area contributed by atoms with Gasteiger partial charge in [0.15, 0.2) is 31.5 Å². The molecule has 6 aromatic carbocycles. The van der Waals surface area contributed by atoms with E-state index in [9.17, 15) is 61.9 Å². The summed E-state index contributed by atoms with van der Waals surface area (Å²) in [5.41, 5.74) is 34.0. The van der Waals surface area contributed by atoms with Crippen LogP contribution in [-0.2, 0) is 125 Å². The number of carbonyl (C=O) groups is 2. The molecule has 0 bridgehead atoms. The standard InChI is InChI=1S/C73H83N9O25.2Na/c1-92-69-51(78-81-75)59(95-37-43-24-12-4-13-25-43)57(49(34-85)99-69)103-72-54(87)60(96-38-44-26-14-5-15-27-44)62(64(106-72)67(88)89)104-70-50(77-80-74)53(86)55(47(32-83)100-70)102-73-66(98-40-46-30-18-7-19-31-46)61(97-39-45-28-16-6-17-29-45)63(65(107-73)68(90)91)105-71-52(79-82-76)58(94-36-42-22-10-3-11-23-42)56(48(33-84)101-71)93-35-41-20-8-2-9-21-41;;/h2-31,47-66,69-73,83-87H,32-40H2,1H3,(H,88,89)(H,90,91);;/q;2*+1/p-2/t47?,48?,49?,50?,51?,52?,53-,54?,55+,56+,57+,58-,59-,60+,61+,62-,63-,64?,65?,66?,69-,70+,71+,72-,73-;;/m1../s1. The van der Waals surface area contributed by atoms with Crippen LogP contribution in [0.2, 0.25) is 0 Å². The molecule has 0 radical (unpaired) electrons. The third-order valence-corrected chi connectivity index (χ3v) is 18.6. The maximum absolute atomic E-state index is 14.0. The molecule has 25 atom stereocenters. The Morgan fingerprint density at radius 1 is 0.358 bits per heavy atom. The molecule has 10 unspecified atom stereocenters. The number of azide groups is 3. The monoisotopic (exact) mass is 1530 g/mol. The van der Waals surface area contributed by atoms with Crippen molar-refractivity contribution in [3.05, 3.63) is 247 Å². The summed E-state index contributed by atoms with van der Waals surface area (Å²) in [4.78, 5) is 36.7. The van der Waals surface area contributed by atoms with Gasteiger partial charge in [-0.05, 0) is 50.0 Å². The molecule has 5 N–H and O–H groups in total. The molecule has 5 aliphatic heterocycles. The Bertz CT molecular complexity index is 3880. The first-order valence-corrected chi connectivity index (χ1v) is 34.3. The fourth-order valence-electron chi connectivity index (χ4n) is 13.3. The summed E-state index contributed by atoms with van der Waals surface area (Å²) < 4.78 is 102. The summed E-state index contributed by atoms with van der Waals surface area (Å²) in [6.07, 6.45) is -39.4. The summed E-state index contributed by atoms with van der Waals surface area (Å²) >= 11 is 0. The second-order valence-corrected chi connectivity index (χ2v) is 25.4. The number of aliphatic hydroxyl groups excluding tert-OH is 5. The predicted molar refractivity (Wildman–Crippen MR) is 362 cm³/mol. The summed E-state index contributed by atoms with van der Waals surface area (Å²) in [6, 6.07) is 47.5. The van der Waals surface area contributed by atoms with Crippen LogP contribution in [0.1, 0.15) is 33.4 Å². The number of rotatable bonds is 35. The number of nitrogens with zero attached hydrogens (tertiary/aromatic N) is 9. The summed E-state index contributed by atoms with van der Waals surface area (Å²) in [6.45, 7) is -3.79. The number of methoxy groups -OCH3 is 1. The number of ether oxygens (including phenoxy) is 16. The third kappa shape index (κ3) is 22.2. The van der Waals surface area contributed by atoms with Crippen LogP contribution in [0.5, 0.6) is 0 Å². The van der Waals surface area contributed by atoms with E-state index in [0.29, 0.717) is 27.8 Å². The maximum atomic E-state index is 14.0. The molecule has 0 amide bonds. The molecule has 0 saturated carbocycles. The van der Waals surface area contributed by atoms with Gasteiger partial charge in [-0.15, -0.1) is 0 Å². The molecule has 6 aromatic rings. The fourth-order valence-corrected chi connectivity index (χ4v) is 13.3. The Kier molecular flexibility index (Phi) is 34.4. The van der Waals surface area contributed by atoms with Gasteiger partial charge in [0.05, 0.1) is 77.5 Å². The SMILES string of the molecule is CO[C@@H]1OC(CO)[C@H](O[C@@H]2OC(C(=O)[O-])[C@H](O[C@@H]3OC(CO)[C@H](O[C@@H]4OC(C(=O)[O-])[C@H](O[C@@H]5OC(CO)[C@H](OCc6ccccc6)[C@H](OCc6ccccc6)C5N=[N+]=[N-])[C@H](OCc5ccccc5)C4OCc4ccccc4)[C@H](O)C3N=[N+]=[N-])[C@@H](OCc3ccccc3)C2O)[C@H](OCc2ccccc2)C1N=[N+]=[N-].[Na+].[Na+]. The molecular weight excluding hydrogens is 1450 g/mol. The van der Waals surface area contributed by atoms with Gasteiger partial charge < -0.3 is 121 Å². The van der Waals surface area contributed by atoms with Crippen molar-refractivity contribution in [3.8, 4) is 0 Å². The molecule has 36 heteroatoms. The molecule has 34 nitrogen and oxygen atoms in total. The van der Waals surface area contributed by atoms with Crippen LogP contribution in [0.25, 0.3) is 31.3 Å². The van der Waals surface area contributed by atoms with E-state index in [2.05, 4.69) is 30.1 Å². The number of carbonyl (C=O) groups excluding carboxylic acids is 2. The molecule has 5 saturated heterocycles. The molecule has 5 aliphatic rings. The Hall–Kier alpha value is -6.65. The smallest absolute Gasteiger partial charge is 0.547 e. The second-order valence-electron chi connectivity index (χ2n) is 25.4. The van der Waals surface area contributed by atoms with Crippen LogP contribution in [0, 0.1) is 0 Å². The second kappa shape index (κ2) is 43.4. The Balaban J connectivity index is 0.00000684. The van der Waals surface area contributed by atoms with Crippen LogP contribution in [0.15, 0.2) is 197 Å².